The number of aromatic amines is 1. The number of likely N-dealkylation sites (N-methyl/N-ethyl adjacent to an activating group) is 1. The first kappa shape index (κ1) is 22.4. The number of ketones is 1. The summed E-state index contributed by atoms with van der Waals surface area (Å²) in [6.45, 7) is 0.880. The number of nitrogens with zero attached hydrogens (tertiary/aromatic N) is 2. The monoisotopic (exact) mass is 449 g/mol. The number of aromatic nitrogens is 1. The van der Waals surface area contributed by atoms with E-state index in [4.69, 9.17) is 9.47 Å². The zero-order valence-electron chi connectivity index (χ0n) is 19.1. The molecule has 0 aliphatic carbocycles. The number of ether oxygens (including phenoxy) is 2. The third-order valence-corrected chi connectivity index (χ3v) is 5.90. The van der Waals surface area contributed by atoms with E-state index in [2.05, 4.69) is 4.98 Å². The second-order valence-corrected chi connectivity index (χ2v) is 8.16. The average molecular weight is 450 g/mol. The van der Waals surface area contributed by atoms with Crippen LogP contribution in [0, 0.1) is 0 Å². The summed E-state index contributed by atoms with van der Waals surface area (Å²) >= 11 is 0. The Kier molecular flexibility index (Phi) is 6.11. The van der Waals surface area contributed by atoms with Gasteiger partial charge in [0.25, 0.3) is 11.7 Å². The summed E-state index contributed by atoms with van der Waals surface area (Å²) in [4.78, 5) is 32.8. The van der Waals surface area contributed by atoms with E-state index in [0.717, 1.165) is 10.9 Å². The molecule has 2 heterocycles. The lowest BCUT2D eigenvalue weighted by atomic mass is 9.95. The van der Waals surface area contributed by atoms with Crippen LogP contribution in [0.1, 0.15) is 17.2 Å². The number of carbonyl (C=O) groups is 2. The summed E-state index contributed by atoms with van der Waals surface area (Å²) in [5.74, 6) is -0.560. The van der Waals surface area contributed by atoms with Gasteiger partial charge in [-0.3, -0.25) is 9.59 Å². The number of benzene rings is 2. The van der Waals surface area contributed by atoms with Gasteiger partial charge in [0, 0.05) is 35.8 Å². The lowest BCUT2D eigenvalue weighted by Crippen LogP contribution is -2.35. The van der Waals surface area contributed by atoms with Crippen LogP contribution in [-0.2, 0) is 9.59 Å². The van der Waals surface area contributed by atoms with Crippen LogP contribution < -0.4 is 9.47 Å². The number of hydrogen-bond acceptors (Lipinski definition) is 6. The van der Waals surface area contributed by atoms with E-state index < -0.39 is 17.7 Å². The average Bonchev–Trinajstić information content (AvgIpc) is 3.36. The van der Waals surface area contributed by atoms with E-state index in [1.807, 2.05) is 43.3 Å². The van der Waals surface area contributed by atoms with Crippen LogP contribution in [0.5, 0.6) is 11.5 Å². The molecule has 1 aliphatic heterocycles. The first-order valence-corrected chi connectivity index (χ1v) is 10.6. The van der Waals surface area contributed by atoms with Gasteiger partial charge in [-0.1, -0.05) is 24.3 Å². The molecule has 0 bridgehead atoms. The molecule has 2 N–H and O–H groups in total. The summed E-state index contributed by atoms with van der Waals surface area (Å²) in [6.07, 6.45) is 1.65. The SMILES string of the molecule is COc1ccc([C@H]2/C(=C(\O)c3c[nH]c4ccccc34)C(=O)C(=O)N2CCN(C)C)cc1OC. The third kappa shape index (κ3) is 3.93. The van der Waals surface area contributed by atoms with Crippen molar-refractivity contribution in [3.05, 3.63) is 65.4 Å². The van der Waals surface area contributed by atoms with Gasteiger partial charge >= 0.3 is 0 Å². The molecule has 33 heavy (non-hydrogen) atoms. The number of Topliss-reactive ketones (excluding diaryl/α,β-unsaturated/α-hetero) is 1. The molecule has 0 saturated carbocycles. The van der Waals surface area contributed by atoms with Crippen molar-refractivity contribution < 1.29 is 24.2 Å². The molecule has 1 atom stereocenters. The van der Waals surface area contributed by atoms with Gasteiger partial charge in [-0.05, 0) is 37.9 Å². The largest absolute Gasteiger partial charge is 0.507 e. The van der Waals surface area contributed by atoms with Gasteiger partial charge in [-0.15, -0.1) is 0 Å². The molecule has 1 amide bonds. The standard InChI is InChI=1S/C25H27N3O5/c1-27(2)11-12-28-22(15-9-10-19(32-3)20(13-15)33-4)21(24(30)25(28)31)23(29)17-14-26-18-8-6-5-7-16(17)18/h5-10,13-14,22,26,29H,11-12H2,1-4H3/b23-21+/t22-/m0/s1. The molecular formula is C25H27N3O5. The number of rotatable bonds is 7. The van der Waals surface area contributed by atoms with Crippen LogP contribution in [0.2, 0.25) is 0 Å². The maximum Gasteiger partial charge on any atom is 0.295 e. The second-order valence-electron chi connectivity index (χ2n) is 8.16. The predicted molar refractivity (Wildman–Crippen MR) is 125 cm³/mol. The molecule has 8 nitrogen and oxygen atoms in total. The van der Waals surface area contributed by atoms with Crippen molar-refractivity contribution in [2.45, 2.75) is 6.04 Å². The maximum absolute atomic E-state index is 13.2. The third-order valence-electron chi connectivity index (χ3n) is 5.90. The van der Waals surface area contributed by atoms with E-state index in [9.17, 15) is 14.7 Å². The van der Waals surface area contributed by atoms with Crippen LogP contribution in [-0.4, -0.2) is 73.0 Å². The van der Waals surface area contributed by atoms with Gasteiger partial charge in [0.15, 0.2) is 11.5 Å². The Morgan fingerprint density at radius 3 is 2.52 bits per heavy atom. The Morgan fingerprint density at radius 1 is 1.09 bits per heavy atom. The quantitative estimate of drug-likeness (QED) is 0.327. The number of nitrogens with one attached hydrogen (secondary N) is 1. The van der Waals surface area contributed by atoms with E-state index in [1.54, 1.807) is 24.4 Å². The Bertz CT molecular complexity index is 1240. The number of amides is 1. The lowest BCUT2D eigenvalue weighted by Gasteiger charge is -2.27. The van der Waals surface area contributed by atoms with Crippen molar-refractivity contribution in [2.75, 3.05) is 41.4 Å². The van der Waals surface area contributed by atoms with Crippen LogP contribution in [0.15, 0.2) is 54.2 Å². The second kappa shape index (κ2) is 8.99. The summed E-state index contributed by atoms with van der Waals surface area (Å²) < 4.78 is 10.8. The van der Waals surface area contributed by atoms with Crippen molar-refractivity contribution >= 4 is 28.4 Å². The molecule has 2 aromatic carbocycles. The first-order valence-electron chi connectivity index (χ1n) is 10.6. The predicted octanol–water partition coefficient (Wildman–Crippen LogP) is 3.17. The van der Waals surface area contributed by atoms with Crippen LogP contribution in [0.25, 0.3) is 16.7 Å². The number of carbonyl (C=O) groups excluding carboxylic acids is 2. The zero-order valence-corrected chi connectivity index (χ0v) is 19.1. The number of hydrogen-bond donors (Lipinski definition) is 2. The Balaban J connectivity index is 1.91. The number of methoxy groups -OCH3 is 2. The van der Waals surface area contributed by atoms with Gasteiger partial charge in [0.2, 0.25) is 0 Å². The number of likely N-dealkylation sites (tertiary alicyclic amines) is 1. The van der Waals surface area contributed by atoms with Crippen molar-refractivity contribution in [2.24, 2.45) is 0 Å². The fraction of sp³-hybridized carbons (Fsp3) is 0.280. The van der Waals surface area contributed by atoms with Gasteiger partial charge in [0.1, 0.15) is 5.76 Å². The van der Waals surface area contributed by atoms with Crippen LogP contribution in [0.4, 0.5) is 0 Å². The fourth-order valence-corrected chi connectivity index (χ4v) is 4.20. The van der Waals surface area contributed by atoms with Gasteiger partial charge < -0.3 is 29.4 Å². The number of H-pyrrole nitrogens is 1. The molecule has 1 fully saturated rings. The zero-order chi connectivity index (χ0) is 23.7. The van der Waals surface area contributed by atoms with Crippen molar-refractivity contribution in [3.63, 3.8) is 0 Å². The van der Waals surface area contributed by atoms with Crippen LogP contribution in [0.3, 0.4) is 0 Å². The molecule has 0 spiro atoms. The van der Waals surface area contributed by atoms with Crippen LogP contribution >= 0.6 is 0 Å². The summed E-state index contributed by atoms with van der Waals surface area (Å²) in [6, 6.07) is 12.0. The number of aliphatic hydroxyl groups is 1. The van der Waals surface area contributed by atoms with Gasteiger partial charge in [-0.25, -0.2) is 0 Å². The van der Waals surface area contributed by atoms with Crippen molar-refractivity contribution in [1.82, 2.24) is 14.8 Å². The lowest BCUT2D eigenvalue weighted by molar-refractivity contribution is -0.140. The minimum atomic E-state index is -0.765. The number of para-hydroxylation sites is 1. The molecule has 1 aliphatic rings. The Hall–Kier alpha value is -3.78. The number of fused-ring (bicyclic) bond motifs is 1. The molecule has 4 rings (SSSR count). The molecule has 3 aromatic rings. The highest BCUT2D eigenvalue weighted by Gasteiger charge is 2.46. The minimum Gasteiger partial charge on any atom is -0.507 e. The van der Waals surface area contributed by atoms with E-state index in [-0.39, 0.29) is 11.3 Å². The highest BCUT2D eigenvalue weighted by atomic mass is 16.5. The molecule has 8 heteroatoms. The van der Waals surface area contributed by atoms with Crippen molar-refractivity contribution in [1.29, 1.82) is 0 Å². The van der Waals surface area contributed by atoms with Gasteiger partial charge in [-0.2, -0.15) is 0 Å². The highest BCUT2D eigenvalue weighted by Crippen LogP contribution is 2.42. The molecule has 0 radical (unpaired) electrons. The first-order chi connectivity index (χ1) is 15.9. The normalized spacial score (nSPS) is 17.8. The molecule has 1 saturated heterocycles. The highest BCUT2D eigenvalue weighted by molar-refractivity contribution is 6.46. The Labute approximate surface area is 192 Å². The van der Waals surface area contributed by atoms with E-state index >= 15 is 0 Å². The van der Waals surface area contributed by atoms with Crippen molar-refractivity contribution in [3.8, 4) is 11.5 Å². The topological polar surface area (TPSA) is 95.1 Å². The number of aliphatic hydroxyl groups excluding tert-OH is 1. The molecule has 1 aromatic heterocycles. The summed E-state index contributed by atoms with van der Waals surface area (Å²) in [7, 11) is 6.86. The smallest absolute Gasteiger partial charge is 0.295 e. The van der Waals surface area contributed by atoms with Gasteiger partial charge in [0.05, 0.1) is 25.8 Å². The molecule has 0 unspecified atom stereocenters. The summed E-state index contributed by atoms with van der Waals surface area (Å²) in [5.41, 5.74) is 1.99. The Morgan fingerprint density at radius 2 is 1.82 bits per heavy atom. The fourth-order valence-electron chi connectivity index (χ4n) is 4.20. The molecule has 172 valence electrons. The summed E-state index contributed by atoms with van der Waals surface area (Å²) in [5, 5.41) is 12.1. The maximum atomic E-state index is 13.2. The molecular weight excluding hydrogens is 422 g/mol. The van der Waals surface area contributed by atoms with E-state index in [0.29, 0.717) is 35.7 Å². The van der Waals surface area contributed by atoms with E-state index in [1.165, 1.54) is 19.1 Å². The minimum absolute atomic E-state index is 0.0516.